The Bertz CT molecular complexity index is 1460. The van der Waals surface area contributed by atoms with Crippen LogP contribution in [0.15, 0.2) is 54.6 Å². The third kappa shape index (κ3) is 12.3. The Morgan fingerprint density at radius 1 is 0.630 bits per heavy atom. The number of benzene rings is 3. The molecule has 3 aliphatic carbocycles. The first-order chi connectivity index (χ1) is 22.2. The summed E-state index contributed by atoms with van der Waals surface area (Å²) in [6.45, 7) is 13.7. The Morgan fingerprint density at radius 2 is 1.07 bits per heavy atom. The van der Waals surface area contributed by atoms with Crippen LogP contribution < -0.4 is 15.2 Å². The Kier molecular flexibility index (Phi) is 15.3. The van der Waals surface area contributed by atoms with Gasteiger partial charge in [-0.05, 0) is 119 Å². The lowest BCUT2D eigenvalue weighted by Gasteiger charge is -2.15. The molecule has 0 saturated heterocycles. The SMILES string of the molecule is NCc1cc(F)ccc1OC1CCCC1.OC1CCCC1.[C-]#[N+]c1cc(F)ccc1F.[C-]#[N+]c1cc(F)ccc1OC1CCCC1. The lowest BCUT2D eigenvalue weighted by molar-refractivity contribution is 0.183. The number of hydrogen-bond acceptors (Lipinski definition) is 4. The van der Waals surface area contributed by atoms with Gasteiger partial charge in [-0.3, -0.25) is 0 Å². The van der Waals surface area contributed by atoms with Crippen molar-refractivity contribution in [1.82, 2.24) is 0 Å². The summed E-state index contributed by atoms with van der Waals surface area (Å²) < 4.78 is 61.9. The summed E-state index contributed by atoms with van der Waals surface area (Å²) >= 11 is 0. The van der Waals surface area contributed by atoms with Crippen LogP contribution in [0.1, 0.15) is 82.6 Å². The smallest absolute Gasteiger partial charge is 0.231 e. The highest BCUT2D eigenvalue weighted by Crippen LogP contribution is 2.32. The Labute approximate surface area is 268 Å². The molecule has 0 aliphatic heterocycles. The fourth-order valence-corrected chi connectivity index (χ4v) is 5.35. The number of ether oxygens (including phenoxy) is 2. The molecule has 3 aromatic carbocycles. The van der Waals surface area contributed by atoms with E-state index < -0.39 is 11.6 Å². The summed E-state index contributed by atoms with van der Waals surface area (Å²) in [5.41, 5.74) is 6.29. The normalized spacial score (nSPS) is 16.1. The maximum atomic E-state index is 12.9. The van der Waals surface area contributed by atoms with Gasteiger partial charge < -0.3 is 20.3 Å². The summed E-state index contributed by atoms with van der Waals surface area (Å²) in [6.07, 6.45) is 14.2. The van der Waals surface area contributed by atoms with E-state index in [4.69, 9.17) is 33.5 Å². The van der Waals surface area contributed by atoms with Gasteiger partial charge in [-0.1, -0.05) is 12.8 Å². The van der Waals surface area contributed by atoms with Gasteiger partial charge in [0.1, 0.15) is 34.8 Å². The van der Waals surface area contributed by atoms with Crippen molar-refractivity contribution in [1.29, 1.82) is 0 Å². The van der Waals surface area contributed by atoms with E-state index in [0.717, 1.165) is 68.0 Å². The second kappa shape index (κ2) is 19.4. The lowest BCUT2D eigenvalue weighted by Crippen LogP contribution is -2.13. The molecule has 3 aliphatic rings. The standard InChI is InChI=1S/C12H12FNO.C12H16FNO.C7H3F2N.C5H10O/c1-14-11-8-9(13)6-7-12(11)15-10-4-2-3-5-10;13-10-5-6-12(9(7-10)8-14)15-11-3-1-2-4-11;1-10-7-4-5(8)2-3-6(7)9;6-5-3-1-2-4-5/h6-8,10H,2-5H2;5-7,11H,1-4,8,14H2;2-4H;5-6H,1-4H2. The first kappa shape index (κ1) is 36.3. The fourth-order valence-electron chi connectivity index (χ4n) is 5.35. The predicted molar refractivity (Wildman–Crippen MR) is 170 cm³/mol. The van der Waals surface area contributed by atoms with Gasteiger partial charge in [0, 0.05) is 12.1 Å². The minimum atomic E-state index is -0.684. The molecule has 46 heavy (non-hydrogen) atoms. The molecular weight excluding hydrogens is 598 g/mol. The first-order valence-corrected chi connectivity index (χ1v) is 15.7. The predicted octanol–water partition coefficient (Wildman–Crippen LogP) is 9.74. The second-order valence-corrected chi connectivity index (χ2v) is 11.4. The molecule has 3 N–H and O–H groups in total. The molecule has 0 spiro atoms. The van der Waals surface area contributed by atoms with Crippen molar-refractivity contribution in [2.24, 2.45) is 5.73 Å². The first-order valence-electron chi connectivity index (χ1n) is 15.7. The van der Waals surface area contributed by atoms with E-state index in [2.05, 4.69) is 9.69 Å². The number of halogens is 4. The maximum Gasteiger partial charge on any atom is 0.231 e. The van der Waals surface area contributed by atoms with Gasteiger partial charge in [-0.25, -0.2) is 27.3 Å². The van der Waals surface area contributed by atoms with Crippen molar-refractivity contribution < 1.29 is 32.1 Å². The minimum absolute atomic E-state index is 0.0463. The number of nitrogens with zero attached hydrogens (tertiary/aromatic N) is 2. The van der Waals surface area contributed by atoms with Crippen LogP contribution in [0.2, 0.25) is 0 Å². The van der Waals surface area contributed by atoms with Gasteiger partial charge in [-0.2, -0.15) is 0 Å². The van der Waals surface area contributed by atoms with Crippen LogP contribution in [0.25, 0.3) is 9.69 Å². The second-order valence-electron chi connectivity index (χ2n) is 11.4. The van der Waals surface area contributed by atoms with Crippen LogP contribution in [0.3, 0.4) is 0 Å². The van der Waals surface area contributed by atoms with Gasteiger partial charge in [0.15, 0.2) is 0 Å². The average molecular weight is 640 g/mol. The van der Waals surface area contributed by atoms with Gasteiger partial charge in [0.2, 0.25) is 11.4 Å². The summed E-state index contributed by atoms with van der Waals surface area (Å²) in [7, 11) is 0. The molecular formula is C36H41F4N3O3. The molecule has 0 atom stereocenters. The summed E-state index contributed by atoms with van der Waals surface area (Å²) in [5.74, 6) is -0.665. The quantitative estimate of drug-likeness (QED) is 0.215. The maximum absolute atomic E-state index is 12.9. The van der Waals surface area contributed by atoms with Crippen molar-refractivity contribution in [3.05, 3.63) is 106 Å². The number of aliphatic hydroxyl groups is 1. The van der Waals surface area contributed by atoms with Crippen molar-refractivity contribution in [3.8, 4) is 11.5 Å². The fraction of sp³-hybridized carbons (Fsp3) is 0.444. The van der Waals surface area contributed by atoms with Gasteiger partial charge in [-0.15, -0.1) is 0 Å². The number of nitrogens with two attached hydrogens (primary N) is 1. The van der Waals surface area contributed by atoms with Crippen LogP contribution in [0.4, 0.5) is 28.9 Å². The molecule has 0 bridgehead atoms. The van der Waals surface area contributed by atoms with Crippen molar-refractivity contribution >= 4 is 11.4 Å². The van der Waals surface area contributed by atoms with E-state index >= 15 is 0 Å². The highest BCUT2D eigenvalue weighted by Gasteiger charge is 2.19. The van der Waals surface area contributed by atoms with E-state index in [1.807, 2.05) is 0 Å². The lowest BCUT2D eigenvalue weighted by atomic mass is 10.2. The number of rotatable bonds is 5. The Balaban J connectivity index is 0.000000175. The molecule has 0 aromatic heterocycles. The summed E-state index contributed by atoms with van der Waals surface area (Å²) in [4.78, 5) is 6.02. The third-order valence-electron chi connectivity index (χ3n) is 7.83. The zero-order chi connectivity index (χ0) is 33.3. The van der Waals surface area contributed by atoms with E-state index in [0.29, 0.717) is 18.4 Å². The highest BCUT2D eigenvalue weighted by atomic mass is 19.1. The van der Waals surface area contributed by atoms with Crippen molar-refractivity contribution in [2.75, 3.05) is 0 Å². The Morgan fingerprint density at radius 3 is 1.52 bits per heavy atom. The number of aliphatic hydroxyl groups excluding tert-OH is 1. The van der Waals surface area contributed by atoms with Crippen LogP contribution in [-0.2, 0) is 6.54 Å². The largest absolute Gasteiger partial charge is 0.501 e. The molecule has 3 aromatic rings. The van der Waals surface area contributed by atoms with E-state index in [-0.39, 0.29) is 35.2 Å². The topological polar surface area (TPSA) is 73.4 Å². The molecule has 10 heteroatoms. The van der Waals surface area contributed by atoms with Crippen molar-refractivity contribution in [3.63, 3.8) is 0 Å². The number of hydrogen-bond donors (Lipinski definition) is 2. The van der Waals surface area contributed by atoms with Crippen molar-refractivity contribution in [2.45, 2.75) is 102 Å². The van der Waals surface area contributed by atoms with Crippen LogP contribution in [0, 0.1) is 36.4 Å². The minimum Gasteiger partial charge on any atom is -0.501 e. The van der Waals surface area contributed by atoms with Crippen LogP contribution >= 0.6 is 0 Å². The van der Waals surface area contributed by atoms with Gasteiger partial charge in [0.05, 0.1) is 31.5 Å². The molecule has 0 radical (unpaired) electrons. The average Bonchev–Trinajstić information content (AvgIpc) is 3.87. The molecule has 3 saturated carbocycles. The monoisotopic (exact) mass is 639 g/mol. The van der Waals surface area contributed by atoms with E-state index in [1.165, 1.54) is 62.8 Å². The summed E-state index contributed by atoms with van der Waals surface area (Å²) in [6, 6.07) is 11.4. The zero-order valence-corrected chi connectivity index (χ0v) is 25.9. The van der Waals surface area contributed by atoms with Gasteiger partial charge in [0.25, 0.3) is 0 Å². The summed E-state index contributed by atoms with van der Waals surface area (Å²) in [5, 5.41) is 8.73. The highest BCUT2D eigenvalue weighted by molar-refractivity contribution is 5.57. The molecule has 0 amide bonds. The Hall–Kier alpha value is -4.12. The zero-order valence-electron chi connectivity index (χ0n) is 25.9. The molecule has 3 fully saturated rings. The molecule has 246 valence electrons. The molecule has 0 unspecified atom stereocenters. The van der Waals surface area contributed by atoms with Crippen LogP contribution in [0.5, 0.6) is 11.5 Å². The van der Waals surface area contributed by atoms with Gasteiger partial charge >= 0.3 is 0 Å². The van der Waals surface area contributed by atoms with Crippen LogP contribution in [-0.4, -0.2) is 23.4 Å². The molecule has 0 heterocycles. The molecule has 6 rings (SSSR count). The third-order valence-corrected chi connectivity index (χ3v) is 7.83. The van der Waals surface area contributed by atoms with E-state index in [9.17, 15) is 17.6 Å². The molecule has 6 nitrogen and oxygen atoms in total. The van der Waals surface area contributed by atoms with E-state index in [1.54, 1.807) is 12.1 Å².